The maximum Gasteiger partial charge on any atom is 0.121 e. The van der Waals surface area contributed by atoms with Crippen LogP contribution in [-0.4, -0.2) is 40.9 Å². The molecule has 4 rings (SSSR count). The molecule has 6 heteroatoms. The summed E-state index contributed by atoms with van der Waals surface area (Å²) >= 11 is 5.71. The van der Waals surface area contributed by atoms with Crippen LogP contribution in [0.4, 0.5) is 0 Å². The van der Waals surface area contributed by atoms with Crippen molar-refractivity contribution < 1.29 is 4.79 Å². The van der Waals surface area contributed by atoms with Crippen LogP contribution in [0.1, 0.15) is 68.1 Å². The molecule has 5 nitrogen and oxygen atoms in total. The number of hydrogen-bond donors (Lipinski definition) is 0. The average molecular weight is 551 g/mol. The molecule has 2 heterocycles. The van der Waals surface area contributed by atoms with Crippen LogP contribution >= 0.6 is 11.6 Å². The van der Waals surface area contributed by atoms with Gasteiger partial charge in [-0.15, -0.1) is 0 Å². The Bertz CT molecular complexity index is 1150. The Morgan fingerprint density at radius 3 is 2.36 bits per heavy atom. The number of carbonyl (C=O) groups is 1. The average Bonchev–Trinajstić information content (AvgIpc) is 3.56. The molecule has 1 aromatic heterocycles. The normalized spacial score (nSPS) is 14.9. The van der Waals surface area contributed by atoms with Crippen LogP contribution in [-0.2, 0) is 17.8 Å². The molecular weight excluding hydrogens is 504 g/mol. The summed E-state index contributed by atoms with van der Waals surface area (Å²) in [6.07, 6.45) is 9.01. The molecule has 1 saturated heterocycles. The number of benzene rings is 2. The summed E-state index contributed by atoms with van der Waals surface area (Å²) in [5.74, 6) is 2.88. The Balaban J connectivity index is 0.000000260. The van der Waals surface area contributed by atoms with E-state index in [-0.39, 0.29) is 0 Å². The molecule has 39 heavy (non-hydrogen) atoms. The van der Waals surface area contributed by atoms with E-state index in [1.807, 2.05) is 36.7 Å². The minimum Gasteiger partial charge on any atom is -0.335 e. The van der Waals surface area contributed by atoms with E-state index in [4.69, 9.17) is 16.9 Å². The number of aromatic nitrogens is 2. The zero-order valence-corrected chi connectivity index (χ0v) is 25.7. The standard InChI is InChI=1S/C9H19N.C9H12.C8H6ClN.C7H10N2O/c1-4-8(2)9-5-6-10(3)7-9;1-3-9-7-5-4-6-8(9)2;1-6-2-3-7(5-10)8(9)4-6;1-7-8-3-5-9(7)4-2-6-10/h8-9H,4-7H2,1-3H3;4-7H,3H2,1-2H3;2-4H,1H3;3,5-6H,2,4H2,1H3. The fourth-order valence-electron chi connectivity index (χ4n) is 4.32. The number of nitrogens with zero attached hydrogens (tertiary/aromatic N) is 4. The zero-order valence-electron chi connectivity index (χ0n) is 25.0. The quantitative estimate of drug-likeness (QED) is 0.293. The van der Waals surface area contributed by atoms with Gasteiger partial charge in [0.25, 0.3) is 0 Å². The van der Waals surface area contributed by atoms with Gasteiger partial charge in [0, 0.05) is 31.9 Å². The molecule has 0 spiro atoms. The van der Waals surface area contributed by atoms with Crippen molar-refractivity contribution in [2.75, 3.05) is 20.1 Å². The van der Waals surface area contributed by atoms with Crippen LogP contribution in [0.3, 0.4) is 0 Å². The molecule has 1 fully saturated rings. The molecule has 3 aromatic rings. The highest BCUT2D eigenvalue weighted by atomic mass is 35.5. The number of aldehydes is 1. The lowest BCUT2D eigenvalue weighted by atomic mass is 9.91. The molecule has 0 N–H and O–H groups in total. The largest absolute Gasteiger partial charge is 0.335 e. The van der Waals surface area contributed by atoms with Gasteiger partial charge in [-0.1, -0.05) is 69.1 Å². The third-order valence-electron chi connectivity index (χ3n) is 7.18. The summed E-state index contributed by atoms with van der Waals surface area (Å²) in [6, 6.07) is 15.8. The van der Waals surface area contributed by atoms with Crippen LogP contribution in [0.5, 0.6) is 0 Å². The number of rotatable bonds is 6. The molecule has 0 bridgehead atoms. The van der Waals surface area contributed by atoms with E-state index in [0.717, 1.165) is 42.5 Å². The summed E-state index contributed by atoms with van der Waals surface area (Å²) in [7, 11) is 2.22. The second-order valence-corrected chi connectivity index (χ2v) is 10.6. The van der Waals surface area contributed by atoms with Crippen LogP contribution in [0.2, 0.25) is 5.02 Å². The van der Waals surface area contributed by atoms with Crippen LogP contribution in [0, 0.1) is 43.9 Å². The third kappa shape index (κ3) is 13.1. The van der Waals surface area contributed by atoms with E-state index < -0.39 is 0 Å². The number of likely N-dealkylation sites (tertiary alicyclic amines) is 1. The fraction of sp³-hybridized carbons (Fsp3) is 0.485. The fourth-order valence-corrected chi connectivity index (χ4v) is 4.59. The van der Waals surface area contributed by atoms with E-state index in [2.05, 4.69) is 68.9 Å². The summed E-state index contributed by atoms with van der Waals surface area (Å²) in [4.78, 5) is 16.4. The van der Waals surface area contributed by atoms with Crippen molar-refractivity contribution in [2.24, 2.45) is 11.8 Å². The Labute approximate surface area is 241 Å². The van der Waals surface area contributed by atoms with Gasteiger partial charge >= 0.3 is 0 Å². The van der Waals surface area contributed by atoms with Gasteiger partial charge < -0.3 is 14.3 Å². The molecule has 0 aliphatic carbocycles. The molecular formula is C33H47ClN4O. The van der Waals surface area contributed by atoms with Gasteiger partial charge in [0.15, 0.2) is 0 Å². The molecule has 0 amide bonds. The first-order valence-electron chi connectivity index (χ1n) is 14.0. The van der Waals surface area contributed by atoms with Gasteiger partial charge in [-0.25, -0.2) is 4.98 Å². The van der Waals surface area contributed by atoms with E-state index in [1.165, 1.54) is 37.1 Å². The van der Waals surface area contributed by atoms with Crippen molar-refractivity contribution in [3.05, 3.63) is 88.0 Å². The van der Waals surface area contributed by atoms with E-state index in [0.29, 0.717) is 17.0 Å². The molecule has 2 atom stereocenters. The number of carbonyl (C=O) groups excluding carboxylic acids is 1. The monoisotopic (exact) mass is 550 g/mol. The molecule has 1 aliphatic rings. The summed E-state index contributed by atoms with van der Waals surface area (Å²) in [5.41, 5.74) is 4.47. The Hall–Kier alpha value is -2.94. The van der Waals surface area contributed by atoms with Crippen LogP contribution in [0.25, 0.3) is 0 Å². The number of halogens is 1. The Morgan fingerprint density at radius 1 is 1.18 bits per heavy atom. The highest BCUT2D eigenvalue weighted by Crippen LogP contribution is 2.24. The van der Waals surface area contributed by atoms with E-state index in [1.54, 1.807) is 18.3 Å². The summed E-state index contributed by atoms with van der Waals surface area (Å²) in [5, 5.41) is 9.00. The van der Waals surface area contributed by atoms with E-state index >= 15 is 0 Å². The number of imidazole rings is 1. The highest BCUT2D eigenvalue weighted by Gasteiger charge is 2.23. The molecule has 0 saturated carbocycles. The zero-order chi connectivity index (χ0) is 29.2. The molecule has 212 valence electrons. The SMILES string of the molecule is CCC(C)C1CCN(C)C1.CCc1ccccc1C.Cc1ccc(C#N)c(Cl)c1.Cc1nccn1CCC=O. The van der Waals surface area contributed by atoms with Gasteiger partial charge in [0.05, 0.1) is 10.6 Å². The minimum absolute atomic E-state index is 0.530. The first kappa shape index (κ1) is 34.1. The highest BCUT2D eigenvalue weighted by molar-refractivity contribution is 6.31. The predicted octanol–water partition coefficient (Wildman–Crippen LogP) is 7.84. The topological polar surface area (TPSA) is 61.9 Å². The van der Waals surface area contributed by atoms with Gasteiger partial charge in [-0.3, -0.25) is 0 Å². The Kier molecular flexibility index (Phi) is 16.8. The Morgan fingerprint density at radius 2 is 1.90 bits per heavy atom. The van der Waals surface area contributed by atoms with Gasteiger partial charge in [-0.2, -0.15) is 5.26 Å². The van der Waals surface area contributed by atoms with Crippen molar-refractivity contribution >= 4 is 17.9 Å². The first-order valence-corrected chi connectivity index (χ1v) is 14.3. The van der Waals surface area contributed by atoms with Crippen LogP contribution in [0.15, 0.2) is 54.9 Å². The lowest BCUT2D eigenvalue weighted by Gasteiger charge is -2.16. The minimum atomic E-state index is 0.530. The van der Waals surface area contributed by atoms with Crippen molar-refractivity contribution in [1.29, 1.82) is 5.26 Å². The number of aryl methyl sites for hydroxylation is 5. The van der Waals surface area contributed by atoms with Crippen molar-refractivity contribution in [3.8, 4) is 6.07 Å². The summed E-state index contributed by atoms with van der Waals surface area (Å²) < 4.78 is 1.95. The maximum absolute atomic E-state index is 9.98. The summed E-state index contributed by atoms with van der Waals surface area (Å²) in [6.45, 7) is 16.3. The maximum atomic E-state index is 9.98. The van der Waals surface area contributed by atoms with Crippen molar-refractivity contribution in [1.82, 2.24) is 14.5 Å². The van der Waals surface area contributed by atoms with Gasteiger partial charge in [-0.05, 0) is 87.9 Å². The molecule has 2 aromatic carbocycles. The lowest BCUT2D eigenvalue weighted by molar-refractivity contribution is -0.108. The van der Waals surface area contributed by atoms with Crippen molar-refractivity contribution in [3.63, 3.8) is 0 Å². The lowest BCUT2D eigenvalue weighted by Crippen LogP contribution is -2.17. The molecule has 0 radical (unpaired) electrons. The third-order valence-corrected chi connectivity index (χ3v) is 7.49. The molecule has 1 aliphatic heterocycles. The van der Waals surface area contributed by atoms with E-state index in [9.17, 15) is 4.79 Å². The number of nitriles is 1. The smallest absolute Gasteiger partial charge is 0.121 e. The van der Waals surface area contributed by atoms with Crippen LogP contribution < -0.4 is 0 Å². The van der Waals surface area contributed by atoms with Crippen molar-refractivity contribution in [2.45, 2.75) is 73.8 Å². The van der Waals surface area contributed by atoms with Gasteiger partial charge in [0.2, 0.25) is 0 Å². The second kappa shape index (κ2) is 19.2. The predicted molar refractivity (Wildman–Crippen MR) is 164 cm³/mol. The molecule has 2 unspecified atom stereocenters. The number of hydrogen-bond acceptors (Lipinski definition) is 4. The first-order chi connectivity index (χ1) is 18.7. The second-order valence-electron chi connectivity index (χ2n) is 10.2. The van der Waals surface area contributed by atoms with Gasteiger partial charge in [0.1, 0.15) is 18.2 Å².